The number of carbonyl (C=O) groups excluding carboxylic acids is 2. The first kappa shape index (κ1) is 26.3. The van der Waals surface area contributed by atoms with E-state index in [9.17, 15) is 9.59 Å². The summed E-state index contributed by atoms with van der Waals surface area (Å²) in [5, 5.41) is 16.1. The Hall–Kier alpha value is -2.26. The molecular weight excluding hydrogens is 517 g/mol. The molecular formula is C23H24Cl3N5O2S. The molecule has 0 bridgehead atoms. The molecule has 0 fully saturated rings. The van der Waals surface area contributed by atoms with E-state index in [-0.39, 0.29) is 28.5 Å². The van der Waals surface area contributed by atoms with E-state index in [1.165, 1.54) is 17.8 Å². The van der Waals surface area contributed by atoms with Gasteiger partial charge in [0.05, 0.1) is 22.4 Å². The predicted octanol–water partition coefficient (Wildman–Crippen LogP) is 5.94. The van der Waals surface area contributed by atoms with Gasteiger partial charge in [-0.05, 0) is 48.7 Å². The highest BCUT2D eigenvalue weighted by Gasteiger charge is 2.26. The summed E-state index contributed by atoms with van der Waals surface area (Å²) in [7, 11) is 1.80. The monoisotopic (exact) mass is 539 g/mol. The smallest absolute Gasteiger partial charge is 0.253 e. The van der Waals surface area contributed by atoms with E-state index in [0.717, 1.165) is 5.56 Å². The van der Waals surface area contributed by atoms with E-state index in [1.54, 1.807) is 35.9 Å². The van der Waals surface area contributed by atoms with Crippen LogP contribution in [0.4, 0.5) is 5.69 Å². The number of hydrogen-bond donors (Lipinski definition) is 2. The first-order chi connectivity index (χ1) is 16.1. The third kappa shape index (κ3) is 6.44. The van der Waals surface area contributed by atoms with Crippen LogP contribution in [0.3, 0.4) is 0 Å². The van der Waals surface area contributed by atoms with Gasteiger partial charge in [-0.2, -0.15) is 0 Å². The van der Waals surface area contributed by atoms with Crippen LogP contribution >= 0.6 is 46.6 Å². The summed E-state index contributed by atoms with van der Waals surface area (Å²) in [5.74, 6) is 0.192. The fourth-order valence-corrected chi connectivity index (χ4v) is 4.54. The van der Waals surface area contributed by atoms with Crippen molar-refractivity contribution in [1.29, 1.82) is 0 Å². The number of nitrogens with one attached hydrogen (secondary N) is 2. The molecule has 7 nitrogen and oxygen atoms in total. The second-order valence-electron chi connectivity index (χ2n) is 8.02. The lowest BCUT2D eigenvalue weighted by molar-refractivity contribution is -0.113. The number of hydrogen-bond acceptors (Lipinski definition) is 5. The number of benzene rings is 2. The number of carbonyl (C=O) groups is 2. The van der Waals surface area contributed by atoms with Gasteiger partial charge in [0.15, 0.2) is 11.0 Å². The first-order valence-electron chi connectivity index (χ1n) is 10.4. The summed E-state index contributed by atoms with van der Waals surface area (Å²) in [5.41, 5.74) is 1.88. The molecule has 34 heavy (non-hydrogen) atoms. The highest BCUT2D eigenvalue weighted by molar-refractivity contribution is 7.99. The third-order valence-corrected chi connectivity index (χ3v) is 7.04. The summed E-state index contributed by atoms with van der Waals surface area (Å²) < 4.78 is 1.77. The molecule has 0 spiro atoms. The van der Waals surface area contributed by atoms with Gasteiger partial charge in [0, 0.05) is 22.8 Å². The Kier molecular flexibility index (Phi) is 8.87. The minimum Gasteiger partial charge on any atom is -0.342 e. The molecule has 0 saturated heterocycles. The number of aromatic nitrogens is 3. The lowest BCUT2D eigenvalue weighted by Gasteiger charge is -2.22. The highest BCUT2D eigenvalue weighted by atomic mass is 35.5. The SMILES string of the molecule is Cc1ccc(NC(=O)CSc2nnc([C@@H](NC(=O)c3ccc(Cl)cc3Cl)C(C)C)n2C)cc1Cl. The van der Waals surface area contributed by atoms with Gasteiger partial charge in [-0.25, -0.2) is 0 Å². The van der Waals surface area contributed by atoms with Gasteiger partial charge in [-0.1, -0.05) is 66.5 Å². The van der Waals surface area contributed by atoms with Crippen molar-refractivity contribution in [3.63, 3.8) is 0 Å². The van der Waals surface area contributed by atoms with Gasteiger partial charge < -0.3 is 15.2 Å². The lowest BCUT2D eigenvalue weighted by atomic mass is 10.0. The zero-order chi connectivity index (χ0) is 25.0. The summed E-state index contributed by atoms with van der Waals surface area (Å²) in [6.07, 6.45) is 0. The van der Waals surface area contributed by atoms with Gasteiger partial charge >= 0.3 is 0 Å². The summed E-state index contributed by atoms with van der Waals surface area (Å²) in [6, 6.07) is 9.64. The van der Waals surface area contributed by atoms with Crippen LogP contribution in [0.1, 0.15) is 41.6 Å². The van der Waals surface area contributed by atoms with Crippen molar-refractivity contribution < 1.29 is 9.59 Å². The molecule has 11 heteroatoms. The van der Waals surface area contributed by atoms with Gasteiger partial charge in [0.1, 0.15) is 0 Å². The van der Waals surface area contributed by atoms with Crippen LogP contribution in [-0.2, 0) is 11.8 Å². The number of amides is 2. The van der Waals surface area contributed by atoms with E-state index < -0.39 is 6.04 Å². The number of aryl methyl sites for hydroxylation is 1. The Bertz CT molecular complexity index is 1220. The summed E-state index contributed by atoms with van der Waals surface area (Å²) >= 11 is 19.5. The molecule has 0 unspecified atom stereocenters. The lowest BCUT2D eigenvalue weighted by Crippen LogP contribution is -2.33. The molecule has 2 N–H and O–H groups in total. The molecule has 2 amide bonds. The van der Waals surface area contributed by atoms with Gasteiger partial charge in [-0.3, -0.25) is 9.59 Å². The van der Waals surface area contributed by atoms with Crippen molar-refractivity contribution in [2.75, 3.05) is 11.1 Å². The maximum Gasteiger partial charge on any atom is 0.253 e. The van der Waals surface area contributed by atoms with Crippen molar-refractivity contribution in [1.82, 2.24) is 20.1 Å². The number of rotatable bonds is 8. The van der Waals surface area contributed by atoms with E-state index in [2.05, 4.69) is 20.8 Å². The topological polar surface area (TPSA) is 88.9 Å². The Labute approximate surface area is 217 Å². The molecule has 2 aromatic carbocycles. The van der Waals surface area contributed by atoms with Crippen molar-refractivity contribution in [3.8, 4) is 0 Å². The van der Waals surface area contributed by atoms with E-state index >= 15 is 0 Å². The molecule has 0 radical (unpaired) electrons. The molecule has 1 aromatic heterocycles. The summed E-state index contributed by atoms with van der Waals surface area (Å²) in [4.78, 5) is 25.2. The van der Waals surface area contributed by atoms with E-state index in [1.807, 2.05) is 26.8 Å². The number of nitrogens with zero attached hydrogens (tertiary/aromatic N) is 3. The van der Waals surface area contributed by atoms with Crippen molar-refractivity contribution in [2.45, 2.75) is 32.0 Å². The molecule has 180 valence electrons. The quantitative estimate of drug-likeness (QED) is 0.345. The maximum atomic E-state index is 12.9. The van der Waals surface area contributed by atoms with Crippen LogP contribution in [0.2, 0.25) is 15.1 Å². The van der Waals surface area contributed by atoms with Crippen LogP contribution < -0.4 is 10.6 Å². The summed E-state index contributed by atoms with van der Waals surface area (Å²) in [6.45, 7) is 5.83. The predicted molar refractivity (Wildman–Crippen MR) is 138 cm³/mol. The number of anilines is 1. The zero-order valence-electron chi connectivity index (χ0n) is 19.0. The molecule has 1 heterocycles. The molecule has 1 atom stereocenters. The minimum absolute atomic E-state index is 0.0189. The molecule has 0 aliphatic carbocycles. The van der Waals surface area contributed by atoms with Crippen LogP contribution in [0.15, 0.2) is 41.6 Å². The van der Waals surface area contributed by atoms with E-state index in [4.69, 9.17) is 34.8 Å². The molecule has 0 saturated carbocycles. The maximum absolute atomic E-state index is 12.9. The third-order valence-electron chi connectivity index (χ3n) is 5.06. The Morgan fingerprint density at radius 1 is 1.06 bits per heavy atom. The van der Waals surface area contributed by atoms with Crippen molar-refractivity contribution >= 4 is 64.1 Å². The molecule has 0 aliphatic heterocycles. The van der Waals surface area contributed by atoms with Crippen LogP contribution in [0.5, 0.6) is 0 Å². The van der Waals surface area contributed by atoms with Crippen LogP contribution in [0.25, 0.3) is 0 Å². The zero-order valence-corrected chi connectivity index (χ0v) is 22.1. The second kappa shape index (κ2) is 11.4. The number of halogens is 3. The first-order valence-corrected chi connectivity index (χ1v) is 12.5. The fourth-order valence-electron chi connectivity index (χ4n) is 3.14. The Morgan fingerprint density at radius 3 is 2.44 bits per heavy atom. The Morgan fingerprint density at radius 2 is 1.79 bits per heavy atom. The molecule has 3 rings (SSSR count). The Balaban J connectivity index is 1.68. The molecule has 3 aromatic rings. The van der Waals surface area contributed by atoms with E-state index in [0.29, 0.717) is 32.3 Å². The minimum atomic E-state index is -0.422. The normalized spacial score (nSPS) is 12.0. The average Bonchev–Trinajstić information content (AvgIpc) is 3.12. The van der Waals surface area contributed by atoms with Crippen molar-refractivity contribution in [2.24, 2.45) is 13.0 Å². The van der Waals surface area contributed by atoms with Crippen LogP contribution in [0, 0.1) is 12.8 Å². The van der Waals surface area contributed by atoms with Gasteiger partial charge in [0.2, 0.25) is 5.91 Å². The average molecular weight is 541 g/mol. The largest absolute Gasteiger partial charge is 0.342 e. The van der Waals surface area contributed by atoms with Crippen molar-refractivity contribution in [3.05, 3.63) is 68.4 Å². The molecule has 0 aliphatic rings. The number of thioether (sulfide) groups is 1. The highest BCUT2D eigenvalue weighted by Crippen LogP contribution is 2.27. The second-order valence-corrected chi connectivity index (χ2v) is 10.2. The fraction of sp³-hybridized carbons (Fsp3) is 0.304. The van der Waals surface area contributed by atoms with Gasteiger partial charge in [0.25, 0.3) is 5.91 Å². The standard InChI is InChI=1S/C23H24Cl3N5O2S/c1-12(2)20(28-22(33)16-8-6-14(24)9-18(16)26)21-29-30-23(31(21)4)34-11-19(32)27-15-7-5-13(3)17(25)10-15/h5-10,12,20H,11H2,1-4H3,(H,27,32)(H,28,33)/t20-/m0/s1. The van der Waals surface area contributed by atoms with Gasteiger partial charge in [-0.15, -0.1) is 10.2 Å². The van der Waals surface area contributed by atoms with Crippen LogP contribution in [-0.4, -0.2) is 32.3 Å².